The molecule has 1 unspecified atom stereocenters. The molecular weight excluding hydrogens is 437 g/mol. The van der Waals surface area contributed by atoms with Crippen molar-refractivity contribution in [2.24, 2.45) is 5.92 Å². The molecule has 1 fully saturated rings. The smallest absolute Gasteiger partial charge is 0.326 e. The maximum Gasteiger partial charge on any atom is 0.326 e. The molecule has 2 aromatic carbocycles. The lowest BCUT2D eigenvalue weighted by Crippen LogP contribution is -2.34. The van der Waals surface area contributed by atoms with Gasteiger partial charge in [-0.15, -0.1) is 0 Å². The molecular formula is C18H13Cl3F2N2O3. The lowest BCUT2D eigenvalue weighted by atomic mass is 10.2. The molecule has 3 amide bonds. The van der Waals surface area contributed by atoms with E-state index in [1.54, 1.807) is 12.1 Å². The van der Waals surface area contributed by atoms with Crippen molar-refractivity contribution in [3.05, 3.63) is 57.0 Å². The van der Waals surface area contributed by atoms with Crippen LogP contribution in [0.1, 0.15) is 16.8 Å². The maximum absolute atomic E-state index is 12.9. The Balaban J connectivity index is 1.61. The lowest BCUT2D eigenvalue weighted by molar-refractivity contribution is 0.0855. The molecule has 2 N–H and O–H groups in total. The Bertz CT molecular complexity index is 917. The highest BCUT2D eigenvalue weighted by Gasteiger charge is 2.57. The largest absolute Gasteiger partial charge is 0.490 e. The van der Waals surface area contributed by atoms with Crippen molar-refractivity contribution in [2.45, 2.75) is 12.3 Å². The van der Waals surface area contributed by atoms with Gasteiger partial charge in [-0.3, -0.25) is 10.1 Å². The number of urea groups is 1. The highest BCUT2D eigenvalue weighted by molar-refractivity contribution is 6.37. The number of benzene rings is 2. The lowest BCUT2D eigenvalue weighted by Gasteiger charge is -2.13. The SMILES string of the molecule is O=C(NC(=O)c1ccccc1Cl)Nc1cc(Cl)c(OCC2CC2(F)F)c(Cl)c1. The molecule has 2 aromatic rings. The summed E-state index contributed by atoms with van der Waals surface area (Å²) in [6, 6.07) is 8.06. The van der Waals surface area contributed by atoms with Gasteiger partial charge in [-0.05, 0) is 24.3 Å². The summed E-state index contributed by atoms with van der Waals surface area (Å²) in [7, 11) is 0. The molecule has 0 heterocycles. The summed E-state index contributed by atoms with van der Waals surface area (Å²) in [4.78, 5) is 24.1. The summed E-state index contributed by atoms with van der Waals surface area (Å²) in [6.45, 7) is -0.216. The molecule has 0 spiro atoms. The number of ether oxygens (including phenoxy) is 1. The van der Waals surface area contributed by atoms with E-state index in [0.29, 0.717) is 0 Å². The molecule has 3 rings (SSSR count). The van der Waals surface area contributed by atoms with Gasteiger partial charge in [-0.2, -0.15) is 0 Å². The third kappa shape index (κ3) is 4.84. The Kier molecular flexibility index (Phi) is 5.98. The highest BCUT2D eigenvalue weighted by atomic mass is 35.5. The quantitative estimate of drug-likeness (QED) is 0.620. The van der Waals surface area contributed by atoms with Crippen molar-refractivity contribution in [2.75, 3.05) is 11.9 Å². The minimum atomic E-state index is -2.72. The predicted octanol–water partition coefficient (Wildman–Crippen LogP) is 5.64. The Labute approximate surface area is 173 Å². The van der Waals surface area contributed by atoms with E-state index in [4.69, 9.17) is 39.5 Å². The van der Waals surface area contributed by atoms with Crippen LogP contribution in [0.3, 0.4) is 0 Å². The first kappa shape index (κ1) is 20.6. The van der Waals surface area contributed by atoms with Crippen LogP contribution in [0, 0.1) is 5.92 Å². The van der Waals surface area contributed by atoms with Crippen LogP contribution in [-0.2, 0) is 0 Å². The molecule has 28 heavy (non-hydrogen) atoms. The van der Waals surface area contributed by atoms with Crippen LogP contribution in [0.2, 0.25) is 15.1 Å². The highest BCUT2D eigenvalue weighted by Crippen LogP contribution is 2.49. The number of amides is 3. The van der Waals surface area contributed by atoms with Gasteiger partial charge in [0.1, 0.15) is 0 Å². The molecule has 0 aromatic heterocycles. The van der Waals surface area contributed by atoms with Crippen molar-refractivity contribution >= 4 is 52.4 Å². The fourth-order valence-electron chi connectivity index (χ4n) is 2.38. The van der Waals surface area contributed by atoms with Crippen LogP contribution >= 0.6 is 34.8 Å². The second-order valence-electron chi connectivity index (χ2n) is 6.13. The molecule has 1 aliphatic rings. The van der Waals surface area contributed by atoms with E-state index in [0.717, 1.165) is 0 Å². The summed E-state index contributed by atoms with van der Waals surface area (Å²) in [5, 5.41) is 4.78. The number of rotatable bonds is 5. The summed E-state index contributed by atoms with van der Waals surface area (Å²) in [6.07, 6.45) is -0.235. The van der Waals surface area contributed by atoms with Gasteiger partial charge in [0.25, 0.3) is 11.8 Å². The van der Waals surface area contributed by atoms with Gasteiger partial charge < -0.3 is 10.1 Å². The molecule has 1 aliphatic carbocycles. The Morgan fingerprint density at radius 1 is 1.11 bits per heavy atom. The second kappa shape index (κ2) is 8.11. The first-order valence-electron chi connectivity index (χ1n) is 8.04. The molecule has 1 saturated carbocycles. The van der Waals surface area contributed by atoms with Gasteiger partial charge in [0.05, 0.1) is 33.2 Å². The minimum Gasteiger partial charge on any atom is -0.490 e. The number of nitrogens with one attached hydrogen (secondary N) is 2. The average Bonchev–Trinajstić information content (AvgIpc) is 3.21. The molecule has 5 nitrogen and oxygen atoms in total. The van der Waals surface area contributed by atoms with Crippen LogP contribution < -0.4 is 15.4 Å². The summed E-state index contributed by atoms with van der Waals surface area (Å²) in [5.41, 5.74) is 0.319. The molecule has 0 aliphatic heterocycles. The van der Waals surface area contributed by atoms with Gasteiger partial charge in [-0.25, -0.2) is 13.6 Å². The Hall–Kier alpha value is -2.09. The second-order valence-corrected chi connectivity index (χ2v) is 7.35. The van der Waals surface area contributed by atoms with Gasteiger partial charge in [0, 0.05) is 12.1 Å². The minimum absolute atomic E-state index is 0.0317. The first-order chi connectivity index (χ1) is 13.2. The number of hydrogen-bond donors (Lipinski definition) is 2. The van der Waals surface area contributed by atoms with Crippen molar-refractivity contribution in [3.8, 4) is 5.75 Å². The zero-order chi connectivity index (χ0) is 20.5. The zero-order valence-corrected chi connectivity index (χ0v) is 16.3. The molecule has 148 valence electrons. The van der Waals surface area contributed by atoms with Crippen LogP contribution in [0.15, 0.2) is 36.4 Å². The van der Waals surface area contributed by atoms with Gasteiger partial charge in [0.15, 0.2) is 5.75 Å². The van der Waals surface area contributed by atoms with Crippen molar-refractivity contribution in [1.29, 1.82) is 0 Å². The zero-order valence-electron chi connectivity index (χ0n) is 14.1. The van der Waals surface area contributed by atoms with Gasteiger partial charge >= 0.3 is 6.03 Å². The Morgan fingerprint density at radius 2 is 1.71 bits per heavy atom. The van der Waals surface area contributed by atoms with Crippen molar-refractivity contribution in [3.63, 3.8) is 0 Å². The van der Waals surface area contributed by atoms with Crippen LogP contribution in [0.4, 0.5) is 19.3 Å². The molecule has 0 bridgehead atoms. The van der Waals surface area contributed by atoms with E-state index in [2.05, 4.69) is 10.6 Å². The van der Waals surface area contributed by atoms with E-state index in [9.17, 15) is 18.4 Å². The third-order valence-electron chi connectivity index (χ3n) is 3.99. The standard InChI is InChI=1S/C18H13Cl3F2N2O3/c19-12-4-2-1-3-11(12)16(26)25-17(27)24-10-5-13(20)15(14(21)6-10)28-8-9-7-18(9,22)23/h1-6,9H,7-8H2,(H2,24,25,26,27). The predicted molar refractivity (Wildman–Crippen MR) is 103 cm³/mol. The number of alkyl halides is 2. The maximum atomic E-state index is 12.9. The van der Waals surface area contributed by atoms with E-state index in [1.165, 1.54) is 24.3 Å². The normalized spacial score (nSPS) is 17.0. The number of halogens is 5. The van der Waals surface area contributed by atoms with Crippen LogP contribution in [-0.4, -0.2) is 24.5 Å². The van der Waals surface area contributed by atoms with Gasteiger partial charge in [0.2, 0.25) is 0 Å². The van der Waals surface area contributed by atoms with Crippen molar-refractivity contribution in [1.82, 2.24) is 5.32 Å². The van der Waals surface area contributed by atoms with Gasteiger partial charge in [-0.1, -0.05) is 46.9 Å². The number of hydrogen-bond acceptors (Lipinski definition) is 3. The topological polar surface area (TPSA) is 67.4 Å². The molecule has 10 heteroatoms. The van der Waals surface area contributed by atoms with E-state index >= 15 is 0 Å². The van der Waals surface area contributed by atoms with Crippen LogP contribution in [0.25, 0.3) is 0 Å². The molecule has 0 saturated heterocycles. The molecule has 1 atom stereocenters. The van der Waals surface area contributed by atoms with E-state index in [1.807, 2.05) is 0 Å². The summed E-state index contributed by atoms with van der Waals surface area (Å²) >= 11 is 18.0. The fourth-order valence-corrected chi connectivity index (χ4v) is 3.20. The fraction of sp³-hybridized carbons (Fsp3) is 0.222. The number of carbonyl (C=O) groups is 2. The monoisotopic (exact) mass is 448 g/mol. The number of imide groups is 1. The third-order valence-corrected chi connectivity index (χ3v) is 4.88. The Morgan fingerprint density at radius 3 is 2.29 bits per heavy atom. The number of anilines is 1. The van der Waals surface area contributed by atoms with Crippen molar-refractivity contribution < 1.29 is 23.1 Å². The first-order valence-corrected chi connectivity index (χ1v) is 9.17. The van der Waals surface area contributed by atoms with E-state index < -0.39 is 23.8 Å². The van der Waals surface area contributed by atoms with Crippen LogP contribution in [0.5, 0.6) is 5.75 Å². The average molecular weight is 450 g/mol. The molecule has 0 radical (unpaired) electrons. The summed E-state index contributed by atoms with van der Waals surface area (Å²) < 4.78 is 31.1. The van der Waals surface area contributed by atoms with E-state index in [-0.39, 0.29) is 45.1 Å². The number of carbonyl (C=O) groups excluding carboxylic acids is 2. The summed E-state index contributed by atoms with van der Waals surface area (Å²) in [5.74, 6) is -4.22.